The van der Waals surface area contributed by atoms with Crippen LogP contribution in [0.15, 0.2) is 16.0 Å². The summed E-state index contributed by atoms with van der Waals surface area (Å²) < 4.78 is 9.93. The number of nitrogens with zero attached hydrogens (tertiary/aromatic N) is 2. The van der Waals surface area contributed by atoms with E-state index >= 15 is 0 Å². The summed E-state index contributed by atoms with van der Waals surface area (Å²) in [7, 11) is 1.57. The summed E-state index contributed by atoms with van der Waals surface area (Å²) in [4.78, 5) is 15.9. The summed E-state index contributed by atoms with van der Waals surface area (Å²) in [5.41, 5.74) is 0.938. The van der Waals surface area contributed by atoms with E-state index in [2.05, 4.69) is 15.5 Å². The van der Waals surface area contributed by atoms with Gasteiger partial charge in [-0.25, -0.2) is 4.98 Å². The maximum atomic E-state index is 11.7. The molecule has 6 nitrogen and oxygen atoms in total. The Bertz CT molecular complexity index is 535. The lowest BCUT2D eigenvalue weighted by atomic mass is 10.3. The van der Waals surface area contributed by atoms with Crippen LogP contribution >= 0.6 is 11.3 Å². The Kier molecular flexibility index (Phi) is 4.06. The molecule has 18 heavy (non-hydrogen) atoms. The Balaban J connectivity index is 2.04. The van der Waals surface area contributed by atoms with Gasteiger partial charge in [0.2, 0.25) is 0 Å². The van der Waals surface area contributed by atoms with Crippen LogP contribution in [0.3, 0.4) is 0 Å². The van der Waals surface area contributed by atoms with Crippen LogP contribution in [0.1, 0.15) is 15.5 Å². The van der Waals surface area contributed by atoms with Crippen molar-refractivity contribution < 1.29 is 14.1 Å². The smallest absolute Gasteiger partial charge is 0.273 e. The topological polar surface area (TPSA) is 77.2 Å². The van der Waals surface area contributed by atoms with Crippen LogP contribution in [0.4, 0.5) is 0 Å². The number of methoxy groups -OCH3 is 1. The van der Waals surface area contributed by atoms with E-state index in [0.29, 0.717) is 24.6 Å². The van der Waals surface area contributed by atoms with Gasteiger partial charge in [-0.1, -0.05) is 5.16 Å². The molecule has 2 rings (SSSR count). The predicted molar refractivity (Wildman–Crippen MR) is 66.6 cm³/mol. The van der Waals surface area contributed by atoms with Crippen LogP contribution in [-0.4, -0.2) is 36.3 Å². The second kappa shape index (κ2) is 5.74. The Hall–Kier alpha value is -1.73. The number of hydrogen-bond acceptors (Lipinski definition) is 6. The minimum absolute atomic E-state index is 0.242. The van der Waals surface area contributed by atoms with Gasteiger partial charge in [-0.3, -0.25) is 4.79 Å². The van der Waals surface area contributed by atoms with Gasteiger partial charge in [-0.05, 0) is 6.92 Å². The molecule has 0 aliphatic heterocycles. The fraction of sp³-hybridized carbons (Fsp3) is 0.364. The summed E-state index contributed by atoms with van der Waals surface area (Å²) >= 11 is 1.52. The lowest BCUT2D eigenvalue weighted by Gasteiger charge is -1.99. The van der Waals surface area contributed by atoms with Crippen LogP contribution < -0.4 is 5.32 Å². The summed E-state index contributed by atoms with van der Waals surface area (Å²) in [5.74, 6) is 0.213. The quantitative estimate of drug-likeness (QED) is 0.830. The molecule has 0 saturated heterocycles. The highest BCUT2D eigenvalue weighted by molar-refractivity contribution is 7.09. The number of nitrogens with one attached hydrogen (secondary N) is 1. The van der Waals surface area contributed by atoms with Gasteiger partial charge >= 0.3 is 0 Å². The lowest BCUT2D eigenvalue weighted by Crippen LogP contribution is -2.27. The molecule has 0 spiro atoms. The van der Waals surface area contributed by atoms with E-state index in [9.17, 15) is 4.79 Å². The maximum absolute atomic E-state index is 11.7. The Morgan fingerprint density at radius 1 is 1.61 bits per heavy atom. The molecule has 0 saturated carbocycles. The van der Waals surface area contributed by atoms with Crippen molar-refractivity contribution in [2.24, 2.45) is 0 Å². The molecular weight excluding hydrogens is 254 g/mol. The number of carbonyl (C=O) groups excluding carboxylic acids is 1. The van der Waals surface area contributed by atoms with Crippen LogP contribution in [0.25, 0.3) is 11.5 Å². The number of hydrogen-bond donors (Lipinski definition) is 1. The second-order valence-electron chi connectivity index (χ2n) is 3.58. The van der Waals surface area contributed by atoms with Crippen molar-refractivity contribution in [1.82, 2.24) is 15.5 Å². The van der Waals surface area contributed by atoms with Gasteiger partial charge in [-0.15, -0.1) is 11.3 Å². The molecule has 0 radical (unpaired) electrons. The van der Waals surface area contributed by atoms with Crippen LogP contribution in [0, 0.1) is 6.92 Å². The zero-order chi connectivity index (χ0) is 13.0. The summed E-state index contributed by atoms with van der Waals surface area (Å²) in [6.45, 7) is 2.80. The van der Waals surface area contributed by atoms with Crippen molar-refractivity contribution in [3.63, 3.8) is 0 Å². The molecule has 7 heteroatoms. The molecule has 0 fully saturated rings. The number of aryl methyl sites for hydroxylation is 1. The third kappa shape index (κ3) is 2.93. The SMILES string of the molecule is COCCNC(=O)c1cc(-c2csc(C)n2)on1. The van der Waals surface area contributed by atoms with E-state index in [1.807, 2.05) is 12.3 Å². The molecule has 0 atom stereocenters. The van der Waals surface area contributed by atoms with Gasteiger partial charge < -0.3 is 14.6 Å². The fourth-order valence-corrected chi connectivity index (χ4v) is 1.94. The number of thiazole rings is 1. The molecule has 2 heterocycles. The summed E-state index contributed by atoms with van der Waals surface area (Å²) in [5, 5.41) is 9.18. The largest absolute Gasteiger partial charge is 0.383 e. The Morgan fingerprint density at radius 2 is 2.44 bits per heavy atom. The first-order chi connectivity index (χ1) is 8.70. The zero-order valence-electron chi connectivity index (χ0n) is 10.1. The third-order valence-electron chi connectivity index (χ3n) is 2.21. The van der Waals surface area contributed by atoms with Crippen LogP contribution in [0.2, 0.25) is 0 Å². The fourth-order valence-electron chi connectivity index (χ4n) is 1.34. The van der Waals surface area contributed by atoms with Gasteiger partial charge in [0.15, 0.2) is 11.5 Å². The molecule has 2 aromatic heterocycles. The zero-order valence-corrected chi connectivity index (χ0v) is 10.9. The molecule has 0 aliphatic carbocycles. The van der Waals surface area contributed by atoms with Gasteiger partial charge in [0.25, 0.3) is 5.91 Å². The number of rotatable bonds is 5. The summed E-state index contributed by atoms with van der Waals surface area (Å²) in [6.07, 6.45) is 0. The third-order valence-corrected chi connectivity index (χ3v) is 2.98. The van der Waals surface area contributed by atoms with E-state index in [0.717, 1.165) is 5.01 Å². The number of aromatic nitrogens is 2. The van der Waals surface area contributed by atoms with Crippen molar-refractivity contribution in [3.8, 4) is 11.5 Å². The van der Waals surface area contributed by atoms with Crippen molar-refractivity contribution in [2.45, 2.75) is 6.92 Å². The summed E-state index contributed by atoms with van der Waals surface area (Å²) in [6, 6.07) is 1.58. The molecule has 1 amide bonds. The lowest BCUT2D eigenvalue weighted by molar-refractivity contribution is 0.0928. The van der Waals surface area contributed by atoms with E-state index < -0.39 is 0 Å². The highest BCUT2D eigenvalue weighted by Gasteiger charge is 2.14. The van der Waals surface area contributed by atoms with Crippen molar-refractivity contribution >= 4 is 17.2 Å². The van der Waals surface area contributed by atoms with Crippen molar-refractivity contribution in [1.29, 1.82) is 0 Å². The van der Waals surface area contributed by atoms with E-state index in [4.69, 9.17) is 9.26 Å². The van der Waals surface area contributed by atoms with Gasteiger partial charge in [0.05, 0.1) is 11.6 Å². The molecule has 0 aliphatic rings. The first-order valence-electron chi connectivity index (χ1n) is 5.37. The van der Waals surface area contributed by atoms with Gasteiger partial charge in [0, 0.05) is 25.1 Å². The van der Waals surface area contributed by atoms with Crippen LogP contribution in [-0.2, 0) is 4.74 Å². The molecule has 96 valence electrons. The maximum Gasteiger partial charge on any atom is 0.273 e. The Labute approximate surface area is 108 Å². The first kappa shape index (κ1) is 12.7. The highest BCUT2D eigenvalue weighted by Crippen LogP contribution is 2.22. The highest BCUT2D eigenvalue weighted by atomic mass is 32.1. The molecular formula is C11H13N3O3S. The average molecular weight is 267 g/mol. The molecule has 2 aromatic rings. The predicted octanol–water partition coefficient (Wildman–Crippen LogP) is 1.48. The monoisotopic (exact) mass is 267 g/mol. The molecule has 1 N–H and O–H groups in total. The first-order valence-corrected chi connectivity index (χ1v) is 6.25. The van der Waals surface area contributed by atoms with Crippen molar-refractivity contribution in [3.05, 3.63) is 22.1 Å². The van der Waals surface area contributed by atoms with E-state index in [1.54, 1.807) is 13.2 Å². The number of carbonyl (C=O) groups is 1. The van der Waals surface area contributed by atoms with Gasteiger partial charge in [-0.2, -0.15) is 0 Å². The van der Waals surface area contributed by atoms with Crippen LogP contribution in [0.5, 0.6) is 0 Å². The molecule has 0 unspecified atom stereocenters. The number of ether oxygens (including phenoxy) is 1. The minimum atomic E-state index is -0.283. The van der Waals surface area contributed by atoms with Crippen molar-refractivity contribution in [2.75, 3.05) is 20.3 Å². The van der Waals surface area contributed by atoms with E-state index in [-0.39, 0.29) is 11.6 Å². The molecule has 0 aromatic carbocycles. The number of amides is 1. The normalized spacial score (nSPS) is 10.6. The van der Waals surface area contributed by atoms with Gasteiger partial charge in [0.1, 0.15) is 5.69 Å². The second-order valence-corrected chi connectivity index (χ2v) is 4.64. The minimum Gasteiger partial charge on any atom is -0.383 e. The Morgan fingerprint density at radius 3 is 3.11 bits per heavy atom. The standard InChI is InChI=1S/C11H13N3O3S/c1-7-13-9(6-18-7)10-5-8(14-17-10)11(15)12-3-4-16-2/h5-6H,3-4H2,1-2H3,(H,12,15). The molecule has 0 bridgehead atoms. The van der Waals surface area contributed by atoms with E-state index in [1.165, 1.54) is 11.3 Å². The average Bonchev–Trinajstić information content (AvgIpc) is 2.97.